The van der Waals surface area contributed by atoms with Gasteiger partial charge >= 0.3 is 17.9 Å². The van der Waals surface area contributed by atoms with E-state index in [-0.39, 0.29) is 31.1 Å². The van der Waals surface area contributed by atoms with Crippen molar-refractivity contribution in [3.8, 4) is 0 Å². The van der Waals surface area contributed by atoms with E-state index in [2.05, 4.69) is 106 Å². The van der Waals surface area contributed by atoms with Crippen LogP contribution in [-0.2, 0) is 28.6 Å². The predicted octanol–water partition coefficient (Wildman–Crippen LogP) is 24.6. The smallest absolute Gasteiger partial charge is 0.306 e. The van der Waals surface area contributed by atoms with Crippen molar-refractivity contribution in [2.24, 2.45) is 0 Å². The van der Waals surface area contributed by atoms with E-state index in [4.69, 9.17) is 14.2 Å². The Kier molecular flexibility index (Phi) is 67.2. The Morgan fingerprint density at radius 3 is 0.756 bits per heavy atom. The molecule has 1 unspecified atom stereocenters. The van der Waals surface area contributed by atoms with E-state index >= 15 is 0 Å². The standard InChI is InChI=1S/C76H134O6/c1-4-7-10-13-16-19-22-25-28-31-32-33-34-35-36-37-38-39-40-41-42-43-44-46-48-51-54-57-60-63-66-69-75(78)81-72-73(71-80-74(77)68-65-62-59-56-53-50-47-30-27-24-21-18-15-12-9-6-3)82-76(79)70-67-64-61-58-55-52-49-45-29-26-23-20-17-14-11-8-5-2/h8,11,17,20,22,25-26,29-32,34-35,47,73H,4-7,9-10,12-16,18-19,21,23-24,27-28,33,36-46,48-72H2,1-3H3/b11-8-,20-17-,25-22-,29-26-,32-31-,35-34-,47-30-. The SMILES string of the molecule is CC/C=C\C/C=C\C/C=C\CCCCCCCCCC(=O)OC(COC(=O)CCCCCCC/C=C\CCCCCCCCC)COC(=O)CCCCCCCCCCCCCCCCCC/C=C\C/C=C\C/C=C\CCCCCCC. The van der Waals surface area contributed by atoms with Gasteiger partial charge in [-0.1, -0.05) is 311 Å². The average molecular weight is 1140 g/mol. The van der Waals surface area contributed by atoms with Crippen molar-refractivity contribution in [1.82, 2.24) is 0 Å². The molecule has 0 aliphatic heterocycles. The van der Waals surface area contributed by atoms with Crippen molar-refractivity contribution >= 4 is 17.9 Å². The van der Waals surface area contributed by atoms with Gasteiger partial charge in [-0.2, -0.15) is 0 Å². The third kappa shape index (κ3) is 67.4. The number of hydrogen-bond acceptors (Lipinski definition) is 6. The van der Waals surface area contributed by atoms with E-state index < -0.39 is 6.10 Å². The van der Waals surface area contributed by atoms with Crippen LogP contribution in [0.1, 0.15) is 361 Å². The molecule has 0 aromatic rings. The third-order valence-electron chi connectivity index (χ3n) is 15.6. The highest BCUT2D eigenvalue weighted by molar-refractivity contribution is 5.71. The molecule has 0 fully saturated rings. The summed E-state index contributed by atoms with van der Waals surface area (Å²) in [6, 6.07) is 0. The quantitative estimate of drug-likeness (QED) is 0.0261. The summed E-state index contributed by atoms with van der Waals surface area (Å²) in [4.78, 5) is 38.4. The molecule has 6 heteroatoms. The molecule has 0 aromatic heterocycles. The van der Waals surface area contributed by atoms with E-state index in [1.165, 1.54) is 218 Å². The average Bonchev–Trinajstić information content (AvgIpc) is 3.47. The number of rotatable bonds is 65. The Labute approximate surface area is 509 Å². The number of allylic oxidation sites excluding steroid dienone is 14. The minimum atomic E-state index is -0.786. The first-order valence-corrected chi connectivity index (χ1v) is 35.6. The van der Waals surface area contributed by atoms with Crippen LogP contribution in [0.25, 0.3) is 0 Å². The van der Waals surface area contributed by atoms with E-state index in [9.17, 15) is 14.4 Å². The molecule has 0 aromatic carbocycles. The Hall–Kier alpha value is -3.41. The van der Waals surface area contributed by atoms with Crippen LogP contribution in [0.4, 0.5) is 0 Å². The second-order valence-corrected chi connectivity index (χ2v) is 23.8. The molecular formula is C76H134O6. The highest BCUT2D eigenvalue weighted by Gasteiger charge is 2.19. The second-order valence-electron chi connectivity index (χ2n) is 23.8. The molecule has 0 spiro atoms. The first kappa shape index (κ1) is 78.6. The minimum absolute atomic E-state index is 0.0807. The minimum Gasteiger partial charge on any atom is -0.462 e. The highest BCUT2D eigenvalue weighted by Crippen LogP contribution is 2.17. The normalized spacial score (nSPS) is 12.6. The summed E-state index contributed by atoms with van der Waals surface area (Å²) in [5, 5.41) is 0. The monoisotopic (exact) mass is 1140 g/mol. The topological polar surface area (TPSA) is 78.9 Å². The van der Waals surface area contributed by atoms with Crippen LogP contribution < -0.4 is 0 Å². The summed E-state index contributed by atoms with van der Waals surface area (Å²) in [5.74, 6) is -0.882. The van der Waals surface area contributed by atoms with Gasteiger partial charge in [0.2, 0.25) is 0 Å². The van der Waals surface area contributed by atoms with Crippen LogP contribution in [-0.4, -0.2) is 37.2 Å². The van der Waals surface area contributed by atoms with Gasteiger partial charge in [0.05, 0.1) is 0 Å². The largest absolute Gasteiger partial charge is 0.462 e. The lowest BCUT2D eigenvalue weighted by atomic mass is 10.0. The summed E-state index contributed by atoms with van der Waals surface area (Å²) in [7, 11) is 0. The van der Waals surface area contributed by atoms with Crippen LogP contribution in [0.15, 0.2) is 85.1 Å². The number of unbranched alkanes of at least 4 members (excludes halogenated alkanes) is 40. The third-order valence-corrected chi connectivity index (χ3v) is 15.6. The number of esters is 3. The number of carbonyl (C=O) groups is 3. The molecule has 0 aliphatic carbocycles. The van der Waals surface area contributed by atoms with Crippen molar-refractivity contribution in [3.05, 3.63) is 85.1 Å². The van der Waals surface area contributed by atoms with Crippen molar-refractivity contribution in [3.63, 3.8) is 0 Å². The molecule has 6 nitrogen and oxygen atoms in total. The van der Waals surface area contributed by atoms with Crippen molar-refractivity contribution in [2.45, 2.75) is 367 Å². The van der Waals surface area contributed by atoms with Gasteiger partial charge < -0.3 is 14.2 Å². The van der Waals surface area contributed by atoms with Gasteiger partial charge in [0.1, 0.15) is 13.2 Å². The molecule has 0 heterocycles. The molecular weight excluding hydrogens is 1010 g/mol. The Balaban J connectivity index is 4.24. The maximum absolute atomic E-state index is 12.9. The Bertz CT molecular complexity index is 1550. The molecule has 0 radical (unpaired) electrons. The van der Waals surface area contributed by atoms with E-state index in [0.717, 1.165) is 103 Å². The summed E-state index contributed by atoms with van der Waals surface area (Å²) >= 11 is 0. The lowest BCUT2D eigenvalue weighted by molar-refractivity contribution is -0.167. The maximum Gasteiger partial charge on any atom is 0.306 e. The Morgan fingerprint density at radius 2 is 0.476 bits per heavy atom. The van der Waals surface area contributed by atoms with E-state index in [0.29, 0.717) is 19.3 Å². The molecule has 0 rings (SSSR count). The van der Waals surface area contributed by atoms with Gasteiger partial charge in [0.15, 0.2) is 6.10 Å². The van der Waals surface area contributed by atoms with Crippen LogP contribution in [0.2, 0.25) is 0 Å². The zero-order valence-electron chi connectivity index (χ0n) is 54.5. The predicted molar refractivity (Wildman–Crippen MR) is 358 cm³/mol. The van der Waals surface area contributed by atoms with E-state index in [1.807, 2.05) is 0 Å². The molecule has 1 atom stereocenters. The maximum atomic E-state index is 12.9. The van der Waals surface area contributed by atoms with Gasteiger partial charge in [0, 0.05) is 19.3 Å². The molecule has 0 saturated carbocycles. The van der Waals surface area contributed by atoms with Crippen molar-refractivity contribution in [1.29, 1.82) is 0 Å². The van der Waals surface area contributed by atoms with Gasteiger partial charge in [-0.3, -0.25) is 14.4 Å². The Morgan fingerprint density at radius 1 is 0.256 bits per heavy atom. The summed E-state index contributed by atoms with van der Waals surface area (Å²) in [6.07, 6.45) is 93.3. The molecule has 0 bridgehead atoms. The van der Waals surface area contributed by atoms with Gasteiger partial charge in [-0.05, 0) is 116 Å². The fourth-order valence-corrected chi connectivity index (χ4v) is 10.3. The summed E-state index contributed by atoms with van der Waals surface area (Å²) < 4.78 is 17.0. The van der Waals surface area contributed by atoms with Crippen LogP contribution >= 0.6 is 0 Å². The molecule has 0 amide bonds. The zero-order valence-corrected chi connectivity index (χ0v) is 54.5. The van der Waals surface area contributed by atoms with Gasteiger partial charge in [-0.25, -0.2) is 0 Å². The molecule has 474 valence electrons. The van der Waals surface area contributed by atoms with Gasteiger partial charge in [-0.15, -0.1) is 0 Å². The summed E-state index contributed by atoms with van der Waals surface area (Å²) in [6.45, 7) is 6.55. The fourth-order valence-electron chi connectivity index (χ4n) is 10.3. The lowest BCUT2D eigenvalue weighted by Crippen LogP contribution is -2.30. The summed E-state index contributed by atoms with van der Waals surface area (Å²) in [5.41, 5.74) is 0. The van der Waals surface area contributed by atoms with Gasteiger partial charge in [0.25, 0.3) is 0 Å². The molecule has 0 N–H and O–H groups in total. The van der Waals surface area contributed by atoms with Crippen molar-refractivity contribution < 1.29 is 28.6 Å². The van der Waals surface area contributed by atoms with Crippen molar-refractivity contribution in [2.75, 3.05) is 13.2 Å². The van der Waals surface area contributed by atoms with E-state index in [1.54, 1.807) is 0 Å². The first-order chi connectivity index (χ1) is 40.5. The number of ether oxygens (including phenoxy) is 3. The number of carbonyl (C=O) groups excluding carboxylic acids is 3. The number of hydrogen-bond donors (Lipinski definition) is 0. The molecule has 0 saturated heterocycles. The first-order valence-electron chi connectivity index (χ1n) is 35.6. The fraction of sp³-hybridized carbons (Fsp3) is 0.776. The highest BCUT2D eigenvalue weighted by atomic mass is 16.6. The lowest BCUT2D eigenvalue weighted by Gasteiger charge is -2.18. The molecule has 82 heavy (non-hydrogen) atoms. The second kappa shape index (κ2) is 70.1. The molecule has 0 aliphatic rings. The van der Waals surface area contributed by atoms with Crippen LogP contribution in [0, 0.1) is 0 Å². The van der Waals surface area contributed by atoms with Crippen LogP contribution in [0.5, 0.6) is 0 Å². The zero-order chi connectivity index (χ0) is 59.2. The van der Waals surface area contributed by atoms with Crippen LogP contribution in [0.3, 0.4) is 0 Å².